The number of aromatic nitrogens is 1. The van der Waals surface area contributed by atoms with Gasteiger partial charge >= 0.3 is 11.9 Å². The van der Waals surface area contributed by atoms with Gasteiger partial charge in [0.1, 0.15) is 18.8 Å². The van der Waals surface area contributed by atoms with Crippen LogP contribution in [-0.2, 0) is 30.3 Å². The smallest absolute Gasteiger partial charge is 0.333 e. The zero-order chi connectivity index (χ0) is 22.3. The average molecular weight is 414 g/mol. The number of epoxide rings is 1. The van der Waals surface area contributed by atoms with Crippen molar-refractivity contribution in [2.75, 3.05) is 13.2 Å². The van der Waals surface area contributed by atoms with Gasteiger partial charge in [0.15, 0.2) is 0 Å². The summed E-state index contributed by atoms with van der Waals surface area (Å²) in [6, 6.07) is 6.66. The number of ether oxygens (including phenoxy) is 2. The molecule has 30 heavy (non-hydrogen) atoms. The lowest BCUT2D eigenvalue weighted by Gasteiger charge is -2.14. The summed E-state index contributed by atoms with van der Waals surface area (Å²) < 4.78 is 9.60. The Kier molecular flexibility index (Phi) is 7.94. The van der Waals surface area contributed by atoms with E-state index in [1.165, 1.54) is 0 Å². The number of carbonyl (C=O) groups is 3. The summed E-state index contributed by atoms with van der Waals surface area (Å²) in [7, 11) is 0. The van der Waals surface area contributed by atoms with Gasteiger partial charge in [0, 0.05) is 34.7 Å². The molecule has 2 unspecified atom stereocenters. The Morgan fingerprint density at radius 1 is 1.27 bits per heavy atom. The fourth-order valence-electron chi connectivity index (χ4n) is 2.46. The molecule has 0 aliphatic carbocycles. The predicted molar refractivity (Wildman–Crippen MR) is 112 cm³/mol. The molecule has 1 fully saturated rings. The zero-order valence-electron chi connectivity index (χ0n) is 17.1. The summed E-state index contributed by atoms with van der Waals surface area (Å²) in [5.74, 6) is -1.85. The van der Waals surface area contributed by atoms with Crippen molar-refractivity contribution in [1.29, 1.82) is 0 Å². The second kappa shape index (κ2) is 10.4. The molecule has 2 atom stereocenters. The zero-order valence-corrected chi connectivity index (χ0v) is 17.1. The second-order valence-electron chi connectivity index (χ2n) is 7.04. The third kappa shape index (κ3) is 6.89. The van der Waals surface area contributed by atoms with E-state index >= 15 is 0 Å². The number of carbonyl (C=O) groups excluding carboxylic acids is 2. The van der Waals surface area contributed by atoms with Gasteiger partial charge in [-0.3, -0.25) is 4.79 Å². The van der Waals surface area contributed by atoms with Gasteiger partial charge in [-0.15, -0.1) is 0 Å². The highest BCUT2D eigenvalue weighted by Gasteiger charge is 2.24. The van der Waals surface area contributed by atoms with Crippen molar-refractivity contribution in [3.8, 4) is 0 Å². The van der Waals surface area contributed by atoms with E-state index in [1.807, 2.05) is 24.3 Å². The number of aliphatic carboxylic acids is 1. The van der Waals surface area contributed by atoms with Crippen LogP contribution < -0.4 is 5.32 Å². The Balaban J connectivity index is 0.000000269. The van der Waals surface area contributed by atoms with Gasteiger partial charge in [0.2, 0.25) is 5.91 Å². The van der Waals surface area contributed by atoms with Gasteiger partial charge in [-0.25, -0.2) is 9.59 Å². The van der Waals surface area contributed by atoms with Crippen LogP contribution in [0.15, 0.2) is 54.8 Å². The summed E-state index contributed by atoms with van der Waals surface area (Å²) in [5.41, 5.74) is 2.52. The van der Waals surface area contributed by atoms with Gasteiger partial charge in [0.25, 0.3) is 0 Å². The maximum atomic E-state index is 11.6. The molecule has 8 heteroatoms. The molecule has 0 saturated carbocycles. The van der Waals surface area contributed by atoms with E-state index in [0.717, 1.165) is 16.5 Å². The Morgan fingerprint density at radius 3 is 2.50 bits per heavy atom. The molecule has 1 aromatic carbocycles. The molecule has 1 aliphatic rings. The molecule has 0 spiro atoms. The number of hydrogen-bond donors (Lipinski definition) is 3. The largest absolute Gasteiger partial charge is 0.480 e. The first-order valence-corrected chi connectivity index (χ1v) is 9.37. The minimum absolute atomic E-state index is 0.142. The number of amides is 1. The third-order valence-corrected chi connectivity index (χ3v) is 4.24. The Morgan fingerprint density at radius 2 is 1.93 bits per heavy atom. The number of carboxylic acids is 1. The van der Waals surface area contributed by atoms with Crippen molar-refractivity contribution in [1.82, 2.24) is 10.3 Å². The number of aromatic amines is 1. The maximum absolute atomic E-state index is 11.6. The van der Waals surface area contributed by atoms with Gasteiger partial charge in [-0.1, -0.05) is 31.4 Å². The molecule has 1 saturated heterocycles. The number of esters is 1. The van der Waals surface area contributed by atoms with Crippen molar-refractivity contribution in [3.05, 3.63) is 60.3 Å². The summed E-state index contributed by atoms with van der Waals surface area (Å²) in [6.07, 6.45) is 2.13. The van der Waals surface area contributed by atoms with Gasteiger partial charge < -0.3 is 24.9 Å². The number of H-pyrrole nitrogens is 1. The standard InChI is InChI=1S/C15H16N2O3.C7H10O3/c1-9(2)14(18)17-13(15(19)20)7-10-8-16-12-6-4-3-5-11(10)12;1-5(2)7(8)10-4-6-3-9-6/h3-6,8,13,16H,1,7H2,2H3,(H,17,18)(H,19,20);6H,1,3-4H2,2H3. The molecule has 3 N–H and O–H groups in total. The van der Waals surface area contributed by atoms with Crippen LogP contribution in [0, 0.1) is 0 Å². The molecule has 1 aliphatic heterocycles. The molecule has 8 nitrogen and oxygen atoms in total. The lowest BCUT2D eigenvalue weighted by molar-refractivity contribution is -0.141. The van der Waals surface area contributed by atoms with Crippen LogP contribution in [0.5, 0.6) is 0 Å². The van der Waals surface area contributed by atoms with Crippen LogP contribution in [0.4, 0.5) is 0 Å². The van der Waals surface area contributed by atoms with E-state index < -0.39 is 17.9 Å². The molecule has 0 radical (unpaired) electrons. The van der Waals surface area contributed by atoms with E-state index in [2.05, 4.69) is 23.5 Å². The highest BCUT2D eigenvalue weighted by Crippen LogP contribution is 2.19. The van der Waals surface area contributed by atoms with E-state index in [0.29, 0.717) is 18.8 Å². The molecule has 2 heterocycles. The number of fused-ring (bicyclic) bond motifs is 1. The van der Waals surface area contributed by atoms with Crippen LogP contribution in [0.3, 0.4) is 0 Å². The molecule has 160 valence electrons. The number of carboxylic acid groups (broad SMARTS) is 1. The van der Waals surface area contributed by atoms with E-state index in [9.17, 15) is 19.5 Å². The normalized spacial score (nSPS) is 15.3. The van der Waals surface area contributed by atoms with Crippen molar-refractivity contribution in [3.63, 3.8) is 0 Å². The molecule has 1 amide bonds. The summed E-state index contributed by atoms with van der Waals surface area (Å²) in [4.78, 5) is 36.6. The fourth-order valence-corrected chi connectivity index (χ4v) is 2.46. The van der Waals surface area contributed by atoms with Crippen molar-refractivity contribution in [2.45, 2.75) is 32.4 Å². The molecule has 1 aromatic heterocycles. The van der Waals surface area contributed by atoms with Crippen LogP contribution in [-0.4, -0.2) is 53.3 Å². The number of hydrogen-bond acceptors (Lipinski definition) is 5. The third-order valence-electron chi connectivity index (χ3n) is 4.24. The first-order chi connectivity index (χ1) is 14.2. The topological polar surface area (TPSA) is 121 Å². The van der Waals surface area contributed by atoms with Crippen LogP contribution in [0.2, 0.25) is 0 Å². The average Bonchev–Trinajstić information content (AvgIpc) is 3.45. The van der Waals surface area contributed by atoms with Crippen molar-refractivity contribution >= 4 is 28.7 Å². The Labute approximate surface area is 174 Å². The minimum Gasteiger partial charge on any atom is -0.480 e. The van der Waals surface area contributed by atoms with Gasteiger partial charge in [0.05, 0.1) is 6.61 Å². The van der Waals surface area contributed by atoms with Crippen molar-refractivity contribution < 1.29 is 29.0 Å². The lowest BCUT2D eigenvalue weighted by Crippen LogP contribution is -2.42. The highest BCUT2D eigenvalue weighted by molar-refractivity contribution is 5.95. The fraction of sp³-hybridized carbons (Fsp3) is 0.318. The number of nitrogens with one attached hydrogen (secondary N) is 2. The van der Waals surface area contributed by atoms with E-state index in [1.54, 1.807) is 20.0 Å². The number of benzene rings is 1. The van der Waals surface area contributed by atoms with Gasteiger partial charge in [-0.05, 0) is 25.5 Å². The van der Waals surface area contributed by atoms with Crippen LogP contribution >= 0.6 is 0 Å². The van der Waals surface area contributed by atoms with Gasteiger partial charge in [-0.2, -0.15) is 0 Å². The molecular formula is C22H26N2O6. The van der Waals surface area contributed by atoms with E-state index in [4.69, 9.17) is 9.47 Å². The summed E-state index contributed by atoms with van der Waals surface area (Å²) in [5, 5.41) is 12.6. The lowest BCUT2D eigenvalue weighted by atomic mass is 10.0. The Bertz CT molecular complexity index is 957. The quantitative estimate of drug-likeness (QED) is 0.346. The summed E-state index contributed by atoms with van der Waals surface area (Å²) in [6.45, 7) is 11.2. The molecule has 3 rings (SSSR count). The summed E-state index contributed by atoms with van der Waals surface area (Å²) >= 11 is 0. The van der Waals surface area contributed by atoms with Crippen LogP contribution in [0.1, 0.15) is 19.4 Å². The predicted octanol–water partition coefficient (Wildman–Crippen LogP) is 2.36. The number of rotatable bonds is 8. The number of para-hydroxylation sites is 1. The SMILES string of the molecule is C=C(C)C(=O)NC(Cc1c[nH]c2ccccc12)C(=O)O.C=C(C)C(=O)OCC1CO1. The monoisotopic (exact) mass is 414 g/mol. The first-order valence-electron chi connectivity index (χ1n) is 9.37. The van der Waals surface area contributed by atoms with Crippen LogP contribution in [0.25, 0.3) is 10.9 Å². The Hall–Kier alpha value is -3.39. The molecular weight excluding hydrogens is 388 g/mol. The highest BCUT2D eigenvalue weighted by atomic mass is 16.6. The van der Waals surface area contributed by atoms with Crippen molar-refractivity contribution in [2.24, 2.45) is 0 Å². The molecule has 0 bridgehead atoms. The van der Waals surface area contributed by atoms with E-state index in [-0.39, 0.29) is 24.1 Å². The maximum Gasteiger partial charge on any atom is 0.333 e. The first kappa shape index (κ1) is 22.9. The second-order valence-corrected chi connectivity index (χ2v) is 7.04. The molecule has 2 aromatic rings. The minimum atomic E-state index is -1.06.